The minimum absolute atomic E-state index is 0.264. The Kier molecular flexibility index (Phi) is 3.53. The molecule has 94 valence electrons. The normalized spacial score (nSPS) is 21.2. The first-order chi connectivity index (χ1) is 8.63. The van der Waals surface area contributed by atoms with Crippen LogP contribution in [-0.2, 0) is 9.59 Å². The molecule has 0 spiro atoms. The summed E-state index contributed by atoms with van der Waals surface area (Å²) in [6.45, 7) is 1.87. The van der Waals surface area contributed by atoms with Gasteiger partial charge in [0, 0.05) is 0 Å². The maximum absolute atomic E-state index is 12.0. The molecule has 0 aromatic heterocycles. The number of amidine groups is 1. The van der Waals surface area contributed by atoms with E-state index in [0.29, 0.717) is 12.0 Å². The number of aliphatic imine (C=N–C) groups is 1. The highest BCUT2D eigenvalue weighted by atomic mass is 16.2. The third-order valence-electron chi connectivity index (χ3n) is 2.92. The van der Waals surface area contributed by atoms with E-state index in [1.165, 1.54) is 0 Å². The molecule has 0 saturated heterocycles. The van der Waals surface area contributed by atoms with Gasteiger partial charge in [0.1, 0.15) is 11.8 Å². The van der Waals surface area contributed by atoms with Gasteiger partial charge in [-0.2, -0.15) is 4.99 Å². The number of carbonyl (C=O) groups is 2. The van der Waals surface area contributed by atoms with Gasteiger partial charge in [-0.15, -0.1) is 0 Å². The van der Waals surface area contributed by atoms with Gasteiger partial charge in [0.05, 0.1) is 6.04 Å². The topological polar surface area (TPSA) is 84.5 Å². The average molecular weight is 245 g/mol. The molecule has 5 heteroatoms. The van der Waals surface area contributed by atoms with Crippen LogP contribution in [0.1, 0.15) is 24.8 Å². The maximum atomic E-state index is 12.0. The van der Waals surface area contributed by atoms with Crippen molar-refractivity contribution in [3.8, 4) is 0 Å². The zero-order chi connectivity index (χ0) is 13.1. The first kappa shape index (κ1) is 12.4. The van der Waals surface area contributed by atoms with Crippen LogP contribution >= 0.6 is 0 Å². The SMILES string of the molecule is CCC(N)C1=NC(=O)C(c2ccccc2)C(=O)N1. The molecule has 2 atom stereocenters. The lowest BCUT2D eigenvalue weighted by molar-refractivity contribution is -0.129. The number of benzene rings is 1. The minimum atomic E-state index is -0.862. The second-order valence-corrected chi connectivity index (χ2v) is 4.18. The zero-order valence-corrected chi connectivity index (χ0v) is 10.1. The van der Waals surface area contributed by atoms with E-state index in [0.717, 1.165) is 0 Å². The molecule has 0 radical (unpaired) electrons. The van der Waals surface area contributed by atoms with Gasteiger partial charge in [-0.1, -0.05) is 37.3 Å². The van der Waals surface area contributed by atoms with E-state index in [9.17, 15) is 9.59 Å². The smallest absolute Gasteiger partial charge is 0.264 e. The number of carbonyl (C=O) groups excluding carboxylic acids is 2. The molecule has 2 unspecified atom stereocenters. The van der Waals surface area contributed by atoms with Crippen molar-refractivity contribution >= 4 is 17.6 Å². The molecule has 0 bridgehead atoms. The van der Waals surface area contributed by atoms with E-state index < -0.39 is 17.9 Å². The summed E-state index contributed by atoms with van der Waals surface area (Å²) < 4.78 is 0. The molecule has 0 aliphatic carbocycles. The highest BCUT2D eigenvalue weighted by Gasteiger charge is 2.34. The van der Waals surface area contributed by atoms with E-state index >= 15 is 0 Å². The quantitative estimate of drug-likeness (QED) is 0.763. The largest absolute Gasteiger partial charge is 0.321 e. The summed E-state index contributed by atoms with van der Waals surface area (Å²) >= 11 is 0. The fourth-order valence-corrected chi connectivity index (χ4v) is 1.83. The molecule has 1 aliphatic rings. The molecule has 5 nitrogen and oxygen atoms in total. The summed E-state index contributed by atoms with van der Waals surface area (Å²) in [5.41, 5.74) is 6.40. The molecule has 3 N–H and O–H groups in total. The number of rotatable bonds is 3. The van der Waals surface area contributed by atoms with Crippen LogP contribution in [0.15, 0.2) is 35.3 Å². The Morgan fingerprint density at radius 1 is 1.33 bits per heavy atom. The van der Waals surface area contributed by atoms with Gasteiger partial charge in [-0.25, -0.2) is 0 Å². The lowest BCUT2D eigenvalue weighted by Gasteiger charge is -2.22. The van der Waals surface area contributed by atoms with Crippen LogP contribution in [0.4, 0.5) is 0 Å². The van der Waals surface area contributed by atoms with Crippen LogP contribution in [-0.4, -0.2) is 23.7 Å². The fourth-order valence-electron chi connectivity index (χ4n) is 1.83. The van der Waals surface area contributed by atoms with Gasteiger partial charge in [-0.05, 0) is 12.0 Å². The molecule has 1 aromatic carbocycles. The lowest BCUT2D eigenvalue weighted by Crippen LogP contribution is -2.50. The Morgan fingerprint density at radius 2 is 2.00 bits per heavy atom. The van der Waals surface area contributed by atoms with Crippen LogP contribution in [0.3, 0.4) is 0 Å². The molecule has 0 fully saturated rings. The van der Waals surface area contributed by atoms with Crippen molar-refractivity contribution in [1.29, 1.82) is 0 Å². The second-order valence-electron chi connectivity index (χ2n) is 4.18. The number of amides is 2. The molecule has 2 rings (SSSR count). The Balaban J connectivity index is 2.30. The van der Waals surface area contributed by atoms with Crippen molar-refractivity contribution in [1.82, 2.24) is 5.32 Å². The Hall–Kier alpha value is -2.01. The van der Waals surface area contributed by atoms with Crippen molar-refractivity contribution in [3.63, 3.8) is 0 Å². The minimum Gasteiger partial charge on any atom is -0.321 e. The Morgan fingerprint density at radius 3 is 2.56 bits per heavy atom. The van der Waals surface area contributed by atoms with Gasteiger partial charge in [-0.3, -0.25) is 9.59 Å². The number of nitrogens with one attached hydrogen (secondary N) is 1. The fraction of sp³-hybridized carbons (Fsp3) is 0.308. The second kappa shape index (κ2) is 5.10. The van der Waals surface area contributed by atoms with Crippen LogP contribution < -0.4 is 11.1 Å². The van der Waals surface area contributed by atoms with Gasteiger partial charge in [0.15, 0.2) is 0 Å². The van der Waals surface area contributed by atoms with Crippen molar-refractivity contribution in [2.24, 2.45) is 10.7 Å². The summed E-state index contributed by atoms with van der Waals surface area (Å²) in [5, 5.41) is 2.61. The van der Waals surface area contributed by atoms with Crippen LogP contribution in [0, 0.1) is 0 Å². The monoisotopic (exact) mass is 245 g/mol. The number of nitrogens with two attached hydrogens (primary N) is 1. The van der Waals surface area contributed by atoms with E-state index in [2.05, 4.69) is 10.3 Å². The average Bonchev–Trinajstić information content (AvgIpc) is 2.38. The van der Waals surface area contributed by atoms with E-state index in [4.69, 9.17) is 5.73 Å². The van der Waals surface area contributed by atoms with E-state index in [1.807, 2.05) is 13.0 Å². The van der Waals surface area contributed by atoms with E-state index in [-0.39, 0.29) is 11.7 Å². The summed E-state index contributed by atoms with van der Waals surface area (Å²) in [7, 11) is 0. The summed E-state index contributed by atoms with van der Waals surface area (Å²) in [5.74, 6) is -1.41. The first-order valence-electron chi connectivity index (χ1n) is 5.87. The lowest BCUT2D eigenvalue weighted by atomic mass is 9.96. The van der Waals surface area contributed by atoms with Crippen LogP contribution in [0.25, 0.3) is 0 Å². The van der Waals surface area contributed by atoms with Crippen molar-refractivity contribution < 1.29 is 9.59 Å². The maximum Gasteiger partial charge on any atom is 0.264 e. The molecule has 1 aliphatic heterocycles. The highest BCUT2D eigenvalue weighted by Crippen LogP contribution is 2.20. The zero-order valence-electron chi connectivity index (χ0n) is 10.1. The van der Waals surface area contributed by atoms with Crippen LogP contribution in [0.2, 0.25) is 0 Å². The van der Waals surface area contributed by atoms with Crippen molar-refractivity contribution in [3.05, 3.63) is 35.9 Å². The van der Waals surface area contributed by atoms with Gasteiger partial charge >= 0.3 is 0 Å². The molecule has 18 heavy (non-hydrogen) atoms. The third-order valence-corrected chi connectivity index (χ3v) is 2.92. The van der Waals surface area contributed by atoms with Crippen molar-refractivity contribution in [2.45, 2.75) is 25.3 Å². The predicted molar refractivity (Wildman–Crippen MR) is 68.0 cm³/mol. The molecular weight excluding hydrogens is 230 g/mol. The predicted octanol–water partition coefficient (Wildman–Crippen LogP) is 0.562. The van der Waals surface area contributed by atoms with Gasteiger partial charge in [0.2, 0.25) is 5.91 Å². The van der Waals surface area contributed by atoms with Gasteiger partial charge in [0.25, 0.3) is 5.91 Å². The van der Waals surface area contributed by atoms with Gasteiger partial charge < -0.3 is 11.1 Å². The Labute approximate surface area is 105 Å². The summed E-state index contributed by atoms with van der Waals surface area (Å²) in [6, 6.07) is 8.47. The molecule has 1 aromatic rings. The third kappa shape index (κ3) is 2.31. The number of hydrogen-bond acceptors (Lipinski definition) is 3. The number of hydrogen-bond donors (Lipinski definition) is 2. The first-order valence-corrected chi connectivity index (χ1v) is 5.87. The molecule has 0 saturated carbocycles. The van der Waals surface area contributed by atoms with Crippen LogP contribution in [0.5, 0.6) is 0 Å². The van der Waals surface area contributed by atoms with Crippen molar-refractivity contribution in [2.75, 3.05) is 0 Å². The Bertz CT molecular complexity index is 496. The summed E-state index contributed by atoms with van der Waals surface area (Å²) in [4.78, 5) is 27.8. The molecular formula is C13H15N3O2. The molecule has 2 amide bonds. The van der Waals surface area contributed by atoms with E-state index in [1.54, 1.807) is 24.3 Å². The summed E-state index contributed by atoms with van der Waals surface area (Å²) in [6.07, 6.45) is 0.613. The highest BCUT2D eigenvalue weighted by molar-refractivity contribution is 6.20. The molecule has 1 heterocycles. The number of nitrogens with zero attached hydrogens (tertiary/aromatic N) is 1. The standard InChI is InChI=1S/C13H15N3O2/c1-2-9(14)11-15-12(17)10(13(18)16-11)8-6-4-3-5-7-8/h3-7,9-10H,2,14H2,1H3,(H,15,16,17,18).